The van der Waals surface area contributed by atoms with Gasteiger partial charge in [-0.05, 0) is 24.3 Å². The molecule has 0 aliphatic carbocycles. The minimum absolute atomic E-state index is 0.181. The number of benzene rings is 1. The van der Waals surface area contributed by atoms with Crippen LogP contribution in [0.4, 0.5) is 5.13 Å². The quantitative estimate of drug-likeness (QED) is 0.793. The van der Waals surface area contributed by atoms with E-state index in [4.69, 9.17) is 5.11 Å². The van der Waals surface area contributed by atoms with Crippen LogP contribution in [0.3, 0.4) is 0 Å². The largest absolute Gasteiger partial charge is 0.384 e. The van der Waals surface area contributed by atoms with Crippen LogP contribution >= 0.6 is 11.3 Å². The number of nitrogens with zero attached hydrogens (tertiary/aromatic N) is 2. The van der Waals surface area contributed by atoms with E-state index in [0.29, 0.717) is 10.7 Å². The third-order valence-corrected chi connectivity index (χ3v) is 2.65. The maximum absolute atomic E-state index is 11.8. The third-order valence-electron chi connectivity index (χ3n) is 2.04. The lowest BCUT2D eigenvalue weighted by molar-refractivity contribution is 0.102. The molecule has 5 nitrogen and oxygen atoms in total. The first kappa shape index (κ1) is 12.2. The highest BCUT2D eigenvalue weighted by molar-refractivity contribution is 7.13. The zero-order valence-corrected chi connectivity index (χ0v) is 10.1. The molecule has 0 atom stereocenters. The Morgan fingerprint density at radius 1 is 1.39 bits per heavy atom. The minimum atomic E-state index is -0.242. The molecule has 2 aromatic rings. The van der Waals surface area contributed by atoms with Crippen molar-refractivity contribution in [2.75, 3.05) is 11.9 Å². The van der Waals surface area contributed by atoms with E-state index >= 15 is 0 Å². The molecule has 1 heterocycles. The van der Waals surface area contributed by atoms with Gasteiger partial charge in [-0.2, -0.15) is 0 Å². The third kappa shape index (κ3) is 3.13. The van der Waals surface area contributed by atoms with E-state index in [-0.39, 0.29) is 12.5 Å². The van der Waals surface area contributed by atoms with Crippen LogP contribution in [0.2, 0.25) is 0 Å². The van der Waals surface area contributed by atoms with Crippen molar-refractivity contribution >= 4 is 22.4 Å². The van der Waals surface area contributed by atoms with Gasteiger partial charge in [-0.25, -0.2) is 0 Å². The number of aliphatic hydroxyl groups excluding tert-OH is 1. The van der Waals surface area contributed by atoms with Crippen LogP contribution in [0.5, 0.6) is 0 Å². The van der Waals surface area contributed by atoms with Gasteiger partial charge < -0.3 is 5.11 Å². The van der Waals surface area contributed by atoms with Gasteiger partial charge in [-0.3, -0.25) is 10.1 Å². The standard InChI is InChI=1S/C12H9N3O2S/c16-7-1-2-9-3-5-10(6-4-9)11(17)14-12-15-13-8-18-12/h3-6,8,16H,7H2,(H,14,15,17). The van der Waals surface area contributed by atoms with Crippen LogP contribution in [-0.2, 0) is 0 Å². The van der Waals surface area contributed by atoms with Crippen LogP contribution in [0, 0.1) is 11.8 Å². The molecule has 0 saturated heterocycles. The molecule has 0 saturated carbocycles. The molecule has 2 rings (SSSR count). The number of rotatable bonds is 2. The summed E-state index contributed by atoms with van der Waals surface area (Å²) in [6.07, 6.45) is 0. The van der Waals surface area contributed by atoms with Crippen LogP contribution in [0.15, 0.2) is 29.8 Å². The molecule has 18 heavy (non-hydrogen) atoms. The molecule has 0 unspecified atom stereocenters. The fourth-order valence-corrected chi connectivity index (χ4v) is 1.68. The fourth-order valence-electron chi connectivity index (χ4n) is 1.24. The summed E-state index contributed by atoms with van der Waals surface area (Å²) in [7, 11) is 0. The first-order valence-electron chi connectivity index (χ1n) is 5.07. The van der Waals surface area contributed by atoms with Crippen LogP contribution in [0.1, 0.15) is 15.9 Å². The molecular weight excluding hydrogens is 250 g/mol. The van der Waals surface area contributed by atoms with E-state index in [1.54, 1.807) is 29.8 Å². The Kier molecular flexibility index (Phi) is 4.02. The number of hydrogen-bond donors (Lipinski definition) is 2. The van der Waals surface area contributed by atoms with E-state index in [1.807, 2.05) is 0 Å². The Bertz CT molecular complexity index is 582. The van der Waals surface area contributed by atoms with Crippen molar-refractivity contribution in [1.29, 1.82) is 0 Å². The number of carbonyl (C=O) groups excluding carboxylic acids is 1. The second-order valence-electron chi connectivity index (χ2n) is 3.24. The summed E-state index contributed by atoms with van der Waals surface area (Å²) in [4.78, 5) is 11.8. The van der Waals surface area contributed by atoms with E-state index in [0.717, 1.165) is 5.56 Å². The molecule has 6 heteroatoms. The topological polar surface area (TPSA) is 75.1 Å². The molecule has 1 aromatic heterocycles. The Balaban J connectivity index is 2.07. The summed E-state index contributed by atoms with van der Waals surface area (Å²) in [6, 6.07) is 6.77. The van der Waals surface area contributed by atoms with Crippen molar-refractivity contribution in [2.24, 2.45) is 0 Å². The van der Waals surface area contributed by atoms with Gasteiger partial charge in [-0.15, -0.1) is 10.2 Å². The Hall–Kier alpha value is -2.23. The Morgan fingerprint density at radius 2 is 2.17 bits per heavy atom. The number of aromatic nitrogens is 2. The summed E-state index contributed by atoms with van der Waals surface area (Å²) in [5, 5.41) is 19.0. The van der Waals surface area contributed by atoms with Gasteiger partial charge >= 0.3 is 0 Å². The van der Waals surface area contributed by atoms with Crippen molar-refractivity contribution in [3.8, 4) is 11.8 Å². The highest BCUT2D eigenvalue weighted by Crippen LogP contribution is 2.11. The first-order valence-corrected chi connectivity index (χ1v) is 5.95. The number of anilines is 1. The number of amides is 1. The Morgan fingerprint density at radius 3 is 2.78 bits per heavy atom. The zero-order chi connectivity index (χ0) is 12.8. The van der Waals surface area contributed by atoms with Gasteiger partial charge in [0.05, 0.1) is 0 Å². The molecule has 0 aliphatic heterocycles. The predicted molar refractivity (Wildman–Crippen MR) is 68.3 cm³/mol. The molecule has 90 valence electrons. The predicted octanol–water partition coefficient (Wildman–Crippen LogP) is 1.13. The number of aliphatic hydroxyl groups is 1. The molecular formula is C12H9N3O2S. The van der Waals surface area contributed by atoms with E-state index < -0.39 is 0 Å². The van der Waals surface area contributed by atoms with Gasteiger partial charge in [0.2, 0.25) is 5.13 Å². The molecule has 0 fully saturated rings. The van der Waals surface area contributed by atoms with Gasteiger partial charge in [0.1, 0.15) is 12.1 Å². The smallest absolute Gasteiger partial charge is 0.257 e. The fraction of sp³-hybridized carbons (Fsp3) is 0.0833. The monoisotopic (exact) mass is 259 g/mol. The van der Waals surface area contributed by atoms with Gasteiger partial charge in [-0.1, -0.05) is 23.2 Å². The number of nitrogens with one attached hydrogen (secondary N) is 1. The van der Waals surface area contributed by atoms with Gasteiger partial charge in [0.15, 0.2) is 0 Å². The van der Waals surface area contributed by atoms with Crippen molar-refractivity contribution in [1.82, 2.24) is 10.2 Å². The maximum atomic E-state index is 11.8. The van der Waals surface area contributed by atoms with E-state index in [9.17, 15) is 4.79 Å². The van der Waals surface area contributed by atoms with Crippen LogP contribution in [-0.4, -0.2) is 27.8 Å². The molecule has 0 aliphatic rings. The molecule has 0 spiro atoms. The molecule has 1 amide bonds. The molecule has 0 radical (unpaired) electrons. The lowest BCUT2D eigenvalue weighted by Crippen LogP contribution is -2.11. The highest BCUT2D eigenvalue weighted by atomic mass is 32.1. The first-order chi connectivity index (χ1) is 8.79. The summed E-state index contributed by atoms with van der Waals surface area (Å²) < 4.78 is 0. The van der Waals surface area contributed by atoms with Gasteiger partial charge in [0.25, 0.3) is 5.91 Å². The summed E-state index contributed by atoms with van der Waals surface area (Å²) in [5.74, 6) is 5.05. The second kappa shape index (κ2) is 5.91. The Labute approximate surface area is 108 Å². The van der Waals surface area contributed by atoms with Crippen LogP contribution in [0.25, 0.3) is 0 Å². The maximum Gasteiger partial charge on any atom is 0.257 e. The normalized spacial score (nSPS) is 9.39. The SMILES string of the molecule is O=C(Nc1nncs1)c1ccc(C#CCO)cc1. The lowest BCUT2D eigenvalue weighted by atomic mass is 10.1. The van der Waals surface area contributed by atoms with E-state index in [2.05, 4.69) is 27.4 Å². The van der Waals surface area contributed by atoms with Gasteiger partial charge in [0, 0.05) is 11.1 Å². The zero-order valence-electron chi connectivity index (χ0n) is 9.25. The number of hydrogen-bond acceptors (Lipinski definition) is 5. The highest BCUT2D eigenvalue weighted by Gasteiger charge is 2.07. The van der Waals surface area contributed by atoms with Crippen molar-refractivity contribution in [3.05, 3.63) is 40.9 Å². The average molecular weight is 259 g/mol. The van der Waals surface area contributed by atoms with Crippen molar-refractivity contribution < 1.29 is 9.90 Å². The lowest BCUT2D eigenvalue weighted by Gasteiger charge is -2.00. The van der Waals surface area contributed by atoms with Crippen LogP contribution < -0.4 is 5.32 Å². The summed E-state index contributed by atoms with van der Waals surface area (Å²) >= 11 is 1.26. The number of carbonyl (C=O) groups is 1. The van der Waals surface area contributed by atoms with Crippen molar-refractivity contribution in [2.45, 2.75) is 0 Å². The average Bonchev–Trinajstić information content (AvgIpc) is 2.89. The molecule has 0 bridgehead atoms. The summed E-state index contributed by atoms with van der Waals surface area (Å²) in [5.41, 5.74) is 2.81. The second-order valence-corrected chi connectivity index (χ2v) is 4.07. The minimum Gasteiger partial charge on any atom is -0.384 e. The molecule has 1 aromatic carbocycles. The van der Waals surface area contributed by atoms with Crippen molar-refractivity contribution in [3.63, 3.8) is 0 Å². The summed E-state index contributed by atoms with van der Waals surface area (Å²) in [6.45, 7) is -0.181. The molecule has 2 N–H and O–H groups in total. The van der Waals surface area contributed by atoms with E-state index in [1.165, 1.54) is 11.3 Å².